The Morgan fingerprint density at radius 2 is 1.92 bits per heavy atom. The Bertz CT molecular complexity index is 213. The Labute approximate surface area is 83.3 Å². The smallest absolute Gasteiger partial charge is 0.212 e. The summed E-state index contributed by atoms with van der Waals surface area (Å²) < 4.78 is 23.8. The topological polar surface area (TPSA) is 37.4 Å². The minimum absolute atomic E-state index is 0.243. The van der Waals surface area contributed by atoms with Gasteiger partial charge in [-0.05, 0) is 12.3 Å². The van der Waals surface area contributed by atoms with Crippen LogP contribution in [-0.4, -0.2) is 37.9 Å². The van der Waals surface area contributed by atoms with Crippen molar-refractivity contribution >= 4 is 26.0 Å². The summed E-state index contributed by atoms with van der Waals surface area (Å²) in [5.74, 6) is 0.659. The minimum atomic E-state index is -2.99. The van der Waals surface area contributed by atoms with Crippen molar-refractivity contribution in [3.63, 3.8) is 0 Å². The highest BCUT2D eigenvalue weighted by atomic mass is 79.9. The third kappa shape index (κ3) is 4.42. The van der Waals surface area contributed by atoms with Gasteiger partial charge in [-0.15, -0.1) is 0 Å². The molecule has 0 aromatic heterocycles. The lowest BCUT2D eigenvalue weighted by atomic mass is 10.2. The maximum absolute atomic E-state index is 11.3. The lowest BCUT2D eigenvalue weighted by Crippen LogP contribution is -2.26. The minimum Gasteiger partial charge on any atom is -0.212 e. The molecule has 1 atom stereocenters. The summed E-state index contributed by atoms with van der Waals surface area (Å²) in [5.41, 5.74) is 0. The molecule has 0 N–H and O–H groups in total. The van der Waals surface area contributed by atoms with Crippen LogP contribution >= 0.6 is 15.9 Å². The van der Waals surface area contributed by atoms with Crippen LogP contribution in [0, 0.1) is 5.92 Å². The van der Waals surface area contributed by atoms with Gasteiger partial charge in [0, 0.05) is 19.4 Å². The van der Waals surface area contributed by atoms with Crippen molar-refractivity contribution in [3.05, 3.63) is 0 Å². The molecule has 0 heterocycles. The zero-order chi connectivity index (χ0) is 9.78. The average molecular weight is 258 g/mol. The van der Waals surface area contributed by atoms with Crippen molar-refractivity contribution < 1.29 is 8.42 Å². The highest BCUT2D eigenvalue weighted by Crippen LogP contribution is 2.08. The molecular weight excluding hydrogens is 242 g/mol. The van der Waals surface area contributed by atoms with E-state index in [0.717, 1.165) is 5.33 Å². The predicted molar refractivity (Wildman–Crippen MR) is 55.0 cm³/mol. The fourth-order valence-electron chi connectivity index (χ4n) is 0.610. The molecule has 0 fully saturated rings. The third-order valence-electron chi connectivity index (χ3n) is 1.69. The van der Waals surface area contributed by atoms with Crippen molar-refractivity contribution in [2.75, 3.05) is 25.2 Å². The van der Waals surface area contributed by atoms with Gasteiger partial charge in [-0.1, -0.05) is 22.9 Å². The number of sulfonamides is 1. The Kier molecular flexibility index (Phi) is 5.36. The second-order valence-corrected chi connectivity index (χ2v) is 6.10. The van der Waals surface area contributed by atoms with E-state index >= 15 is 0 Å². The van der Waals surface area contributed by atoms with Gasteiger partial charge in [0.1, 0.15) is 0 Å². The molecule has 0 aliphatic carbocycles. The first-order valence-corrected chi connectivity index (χ1v) is 6.59. The lowest BCUT2D eigenvalue weighted by Gasteiger charge is -2.12. The van der Waals surface area contributed by atoms with Crippen molar-refractivity contribution in [1.29, 1.82) is 0 Å². The number of hydrogen-bond donors (Lipinski definition) is 0. The number of hydrogen-bond acceptors (Lipinski definition) is 2. The summed E-state index contributed by atoms with van der Waals surface area (Å²) in [6.07, 6.45) is 0.714. The van der Waals surface area contributed by atoms with Crippen LogP contribution in [-0.2, 0) is 10.0 Å². The van der Waals surface area contributed by atoms with E-state index < -0.39 is 10.0 Å². The van der Waals surface area contributed by atoms with Gasteiger partial charge in [-0.2, -0.15) is 0 Å². The van der Waals surface area contributed by atoms with Crippen LogP contribution in [0.15, 0.2) is 0 Å². The molecule has 12 heavy (non-hydrogen) atoms. The Balaban J connectivity index is 3.94. The fourth-order valence-corrected chi connectivity index (χ4v) is 2.00. The summed E-state index contributed by atoms with van der Waals surface area (Å²) in [7, 11) is 0.136. The Morgan fingerprint density at radius 1 is 1.42 bits per heavy atom. The first-order chi connectivity index (χ1) is 5.40. The highest BCUT2D eigenvalue weighted by molar-refractivity contribution is 9.09. The molecule has 0 saturated carbocycles. The van der Waals surface area contributed by atoms with E-state index in [1.165, 1.54) is 4.31 Å². The fraction of sp³-hybridized carbons (Fsp3) is 1.00. The van der Waals surface area contributed by atoms with E-state index in [-0.39, 0.29) is 5.75 Å². The molecule has 0 amide bonds. The molecule has 1 unspecified atom stereocenters. The van der Waals surface area contributed by atoms with E-state index in [2.05, 4.69) is 15.9 Å². The van der Waals surface area contributed by atoms with Gasteiger partial charge >= 0.3 is 0 Å². The second kappa shape index (κ2) is 5.19. The zero-order valence-electron chi connectivity index (χ0n) is 7.75. The Morgan fingerprint density at radius 3 is 2.25 bits per heavy atom. The molecule has 0 rings (SSSR count). The molecule has 0 bridgehead atoms. The molecule has 74 valence electrons. The van der Waals surface area contributed by atoms with Crippen molar-refractivity contribution in [1.82, 2.24) is 4.31 Å². The number of halogens is 1. The van der Waals surface area contributed by atoms with Crippen LogP contribution in [0.1, 0.15) is 13.3 Å². The molecule has 0 aromatic rings. The van der Waals surface area contributed by atoms with Crippen LogP contribution in [0.2, 0.25) is 0 Å². The van der Waals surface area contributed by atoms with Gasteiger partial charge in [0.05, 0.1) is 5.75 Å². The van der Waals surface area contributed by atoms with E-state index in [9.17, 15) is 8.42 Å². The number of nitrogens with zero attached hydrogens (tertiary/aromatic N) is 1. The van der Waals surface area contributed by atoms with E-state index in [1.54, 1.807) is 14.1 Å². The molecule has 0 aromatic carbocycles. The first-order valence-electron chi connectivity index (χ1n) is 3.86. The molecule has 0 aliphatic rings. The Hall–Kier alpha value is 0.390. The van der Waals surface area contributed by atoms with Crippen molar-refractivity contribution in [3.8, 4) is 0 Å². The van der Waals surface area contributed by atoms with Crippen LogP contribution < -0.4 is 0 Å². The maximum Gasteiger partial charge on any atom is 0.213 e. The number of rotatable bonds is 5. The predicted octanol–water partition coefficient (Wildman–Crippen LogP) is 1.30. The SMILES string of the molecule is CC(CBr)CCS(=O)(=O)N(C)C. The summed E-state index contributed by atoms with van der Waals surface area (Å²) in [4.78, 5) is 0. The van der Waals surface area contributed by atoms with Gasteiger partial charge in [0.15, 0.2) is 0 Å². The standard InChI is InChI=1S/C7H16BrNO2S/c1-7(6-8)4-5-12(10,11)9(2)3/h7H,4-6H2,1-3H3. The lowest BCUT2D eigenvalue weighted by molar-refractivity contribution is 0.510. The summed E-state index contributed by atoms with van der Waals surface area (Å²) >= 11 is 3.31. The largest absolute Gasteiger partial charge is 0.213 e. The van der Waals surface area contributed by atoms with Crippen LogP contribution in [0.4, 0.5) is 0 Å². The molecule has 3 nitrogen and oxygen atoms in total. The summed E-state index contributed by atoms with van der Waals surface area (Å²) in [5, 5.41) is 0.857. The van der Waals surface area contributed by atoms with Gasteiger partial charge in [0.25, 0.3) is 0 Å². The second-order valence-electron chi connectivity index (χ2n) is 3.15. The molecular formula is C7H16BrNO2S. The molecule has 0 saturated heterocycles. The van der Waals surface area contributed by atoms with Crippen LogP contribution in [0.3, 0.4) is 0 Å². The van der Waals surface area contributed by atoms with Crippen LogP contribution in [0.5, 0.6) is 0 Å². The van der Waals surface area contributed by atoms with Gasteiger partial charge < -0.3 is 0 Å². The van der Waals surface area contributed by atoms with Gasteiger partial charge in [-0.3, -0.25) is 0 Å². The third-order valence-corrected chi connectivity index (χ3v) is 4.66. The monoisotopic (exact) mass is 257 g/mol. The van der Waals surface area contributed by atoms with Crippen molar-refractivity contribution in [2.24, 2.45) is 5.92 Å². The van der Waals surface area contributed by atoms with Gasteiger partial charge in [-0.25, -0.2) is 12.7 Å². The normalized spacial score (nSPS) is 15.1. The van der Waals surface area contributed by atoms with E-state index in [4.69, 9.17) is 0 Å². The molecule has 0 spiro atoms. The number of alkyl halides is 1. The molecule has 5 heteroatoms. The van der Waals surface area contributed by atoms with E-state index in [1.807, 2.05) is 6.92 Å². The van der Waals surface area contributed by atoms with Gasteiger partial charge in [0.2, 0.25) is 10.0 Å². The molecule has 0 aliphatic heterocycles. The highest BCUT2D eigenvalue weighted by Gasteiger charge is 2.14. The summed E-state index contributed by atoms with van der Waals surface area (Å²) in [6, 6.07) is 0. The quantitative estimate of drug-likeness (QED) is 0.697. The maximum atomic E-state index is 11.3. The summed E-state index contributed by atoms with van der Waals surface area (Å²) in [6.45, 7) is 2.03. The molecule has 0 radical (unpaired) electrons. The first kappa shape index (κ1) is 12.4. The van der Waals surface area contributed by atoms with E-state index in [0.29, 0.717) is 12.3 Å². The average Bonchev–Trinajstić information content (AvgIpc) is 2.00. The van der Waals surface area contributed by atoms with Crippen LogP contribution in [0.25, 0.3) is 0 Å². The van der Waals surface area contributed by atoms with Crippen molar-refractivity contribution in [2.45, 2.75) is 13.3 Å². The zero-order valence-corrected chi connectivity index (χ0v) is 10.2.